The number of furan rings is 1. The molecule has 1 N–H and O–H groups in total. The van der Waals surface area contributed by atoms with Crippen LogP contribution < -0.4 is 0 Å². The first-order chi connectivity index (χ1) is 14.2. The standard InChI is InChI=1S/C24H21NO4/c26-21-7-8-22-23(19(21)14-25-9-11-28-12-10-25)20(15-29-22)24(27)18-6-5-16-3-1-2-4-17(16)13-18/h1-8,13,15,26H,9-12,14H2. The Bertz CT molecular complexity index is 1200. The van der Waals surface area contributed by atoms with Gasteiger partial charge in [0.05, 0.1) is 18.8 Å². The van der Waals surface area contributed by atoms with Gasteiger partial charge in [0.15, 0.2) is 5.78 Å². The molecule has 0 aliphatic carbocycles. The van der Waals surface area contributed by atoms with Crippen LogP contribution in [0.5, 0.6) is 5.75 Å². The number of rotatable bonds is 4. The van der Waals surface area contributed by atoms with E-state index in [1.165, 1.54) is 6.26 Å². The molecule has 1 aliphatic heterocycles. The van der Waals surface area contributed by atoms with E-state index in [-0.39, 0.29) is 11.5 Å². The smallest absolute Gasteiger partial charge is 0.196 e. The van der Waals surface area contributed by atoms with Crippen molar-refractivity contribution >= 4 is 27.5 Å². The number of hydrogen-bond donors (Lipinski definition) is 1. The fourth-order valence-corrected chi connectivity index (χ4v) is 3.99. The zero-order chi connectivity index (χ0) is 19.8. The topological polar surface area (TPSA) is 62.9 Å². The minimum atomic E-state index is -0.108. The summed E-state index contributed by atoms with van der Waals surface area (Å²) in [5.74, 6) is 0.0706. The molecule has 1 aromatic heterocycles. The second-order valence-corrected chi connectivity index (χ2v) is 7.37. The van der Waals surface area contributed by atoms with Crippen LogP contribution >= 0.6 is 0 Å². The van der Waals surface area contributed by atoms with E-state index in [0.29, 0.717) is 41.9 Å². The molecule has 2 heterocycles. The van der Waals surface area contributed by atoms with Crippen molar-refractivity contribution in [1.29, 1.82) is 0 Å². The number of fused-ring (bicyclic) bond motifs is 2. The van der Waals surface area contributed by atoms with Crippen LogP contribution in [-0.4, -0.2) is 42.1 Å². The molecular formula is C24H21NO4. The van der Waals surface area contributed by atoms with Crippen LogP contribution in [0.25, 0.3) is 21.7 Å². The fourth-order valence-electron chi connectivity index (χ4n) is 3.99. The van der Waals surface area contributed by atoms with Crippen LogP contribution in [0.1, 0.15) is 21.5 Å². The van der Waals surface area contributed by atoms with Crippen molar-refractivity contribution in [2.24, 2.45) is 0 Å². The van der Waals surface area contributed by atoms with Gasteiger partial charge in [-0.1, -0.05) is 36.4 Å². The highest BCUT2D eigenvalue weighted by molar-refractivity contribution is 6.17. The molecule has 5 rings (SSSR count). The van der Waals surface area contributed by atoms with Gasteiger partial charge < -0.3 is 14.3 Å². The van der Waals surface area contributed by atoms with E-state index in [4.69, 9.17) is 9.15 Å². The van der Waals surface area contributed by atoms with Gasteiger partial charge in [0.1, 0.15) is 17.6 Å². The van der Waals surface area contributed by atoms with Gasteiger partial charge in [0, 0.05) is 36.1 Å². The Labute approximate surface area is 168 Å². The number of aromatic hydroxyl groups is 1. The predicted octanol–water partition coefficient (Wildman–Crippen LogP) is 4.35. The number of phenols is 1. The molecule has 5 nitrogen and oxygen atoms in total. The highest BCUT2D eigenvalue weighted by Crippen LogP contribution is 2.34. The lowest BCUT2D eigenvalue weighted by molar-refractivity contribution is 0.0340. The SMILES string of the molecule is O=C(c1ccc2ccccc2c1)c1coc2ccc(O)c(CN3CCOCC3)c12. The molecule has 0 bridgehead atoms. The second-order valence-electron chi connectivity index (χ2n) is 7.37. The largest absolute Gasteiger partial charge is 0.508 e. The van der Waals surface area contributed by atoms with Crippen molar-refractivity contribution in [1.82, 2.24) is 4.90 Å². The zero-order valence-electron chi connectivity index (χ0n) is 15.9. The minimum absolute atomic E-state index is 0.108. The molecule has 0 spiro atoms. The molecule has 146 valence electrons. The summed E-state index contributed by atoms with van der Waals surface area (Å²) in [7, 11) is 0. The van der Waals surface area contributed by atoms with Crippen molar-refractivity contribution in [2.45, 2.75) is 6.54 Å². The average molecular weight is 387 g/mol. The molecule has 0 unspecified atom stereocenters. The Balaban J connectivity index is 1.58. The van der Waals surface area contributed by atoms with Gasteiger partial charge in [0.25, 0.3) is 0 Å². The molecule has 3 aromatic carbocycles. The highest BCUT2D eigenvalue weighted by atomic mass is 16.5. The summed E-state index contributed by atoms with van der Waals surface area (Å²) in [5, 5.41) is 13.4. The first kappa shape index (κ1) is 17.9. The van der Waals surface area contributed by atoms with Gasteiger partial charge in [-0.05, 0) is 29.0 Å². The number of phenolic OH excluding ortho intramolecular Hbond substituents is 1. The molecule has 1 saturated heterocycles. The Morgan fingerprint density at radius 3 is 2.62 bits per heavy atom. The maximum atomic E-state index is 13.3. The first-order valence-electron chi connectivity index (χ1n) is 9.76. The van der Waals surface area contributed by atoms with Gasteiger partial charge in [-0.25, -0.2) is 0 Å². The maximum Gasteiger partial charge on any atom is 0.196 e. The lowest BCUT2D eigenvalue weighted by Crippen LogP contribution is -2.35. The third-order valence-corrected chi connectivity index (χ3v) is 5.56. The Morgan fingerprint density at radius 1 is 1.00 bits per heavy atom. The van der Waals surface area contributed by atoms with Crippen LogP contribution in [0.4, 0.5) is 0 Å². The summed E-state index contributed by atoms with van der Waals surface area (Å²) < 4.78 is 11.1. The summed E-state index contributed by atoms with van der Waals surface area (Å²) >= 11 is 0. The normalized spacial score (nSPS) is 15.2. The molecule has 29 heavy (non-hydrogen) atoms. The highest BCUT2D eigenvalue weighted by Gasteiger charge is 2.22. The number of ketones is 1. The molecule has 1 aliphatic rings. The lowest BCUT2D eigenvalue weighted by Gasteiger charge is -2.27. The monoisotopic (exact) mass is 387 g/mol. The molecule has 0 saturated carbocycles. The van der Waals surface area contributed by atoms with Gasteiger partial charge in [-0.15, -0.1) is 0 Å². The first-order valence-corrected chi connectivity index (χ1v) is 9.76. The summed E-state index contributed by atoms with van der Waals surface area (Å²) in [6.45, 7) is 3.48. The van der Waals surface area contributed by atoms with Crippen molar-refractivity contribution in [3.05, 3.63) is 77.6 Å². The van der Waals surface area contributed by atoms with E-state index in [1.54, 1.807) is 12.1 Å². The Hall–Kier alpha value is -3.15. The molecule has 1 fully saturated rings. The van der Waals surface area contributed by atoms with Crippen LogP contribution in [-0.2, 0) is 11.3 Å². The van der Waals surface area contributed by atoms with Crippen molar-refractivity contribution < 1.29 is 19.1 Å². The summed E-state index contributed by atoms with van der Waals surface area (Å²) in [5.41, 5.74) is 2.42. The lowest BCUT2D eigenvalue weighted by atomic mass is 9.97. The third kappa shape index (κ3) is 3.28. The van der Waals surface area contributed by atoms with E-state index >= 15 is 0 Å². The molecule has 0 radical (unpaired) electrons. The van der Waals surface area contributed by atoms with E-state index in [2.05, 4.69) is 4.90 Å². The summed E-state index contributed by atoms with van der Waals surface area (Å²) in [6, 6.07) is 17.0. The van der Waals surface area contributed by atoms with Crippen LogP contribution in [0, 0.1) is 0 Å². The van der Waals surface area contributed by atoms with Gasteiger partial charge in [-0.3, -0.25) is 9.69 Å². The van der Waals surface area contributed by atoms with E-state index < -0.39 is 0 Å². The van der Waals surface area contributed by atoms with Gasteiger partial charge >= 0.3 is 0 Å². The Kier molecular flexibility index (Phi) is 4.54. The second kappa shape index (κ2) is 7.35. The number of carbonyl (C=O) groups is 1. The number of nitrogens with zero attached hydrogens (tertiary/aromatic N) is 1. The van der Waals surface area contributed by atoms with Crippen LogP contribution in [0.3, 0.4) is 0 Å². The third-order valence-electron chi connectivity index (χ3n) is 5.56. The molecule has 0 atom stereocenters. The number of carbonyl (C=O) groups excluding carboxylic acids is 1. The van der Waals surface area contributed by atoms with Gasteiger partial charge in [0.2, 0.25) is 0 Å². The minimum Gasteiger partial charge on any atom is -0.508 e. The molecule has 5 heteroatoms. The van der Waals surface area contributed by atoms with E-state index in [9.17, 15) is 9.90 Å². The zero-order valence-corrected chi connectivity index (χ0v) is 15.9. The van der Waals surface area contributed by atoms with E-state index in [0.717, 1.165) is 29.4 Å². The number of morpholine rings is 1. The van der Waals surface area contributed by atoms with Crippen molar-refractivity contribution in [3.8, 4) is 5.75 Å². The maximum absolute atomic E-state index is 13.3. The summed E-state index contributed by atoms with van der Waals surface area (Å²) in [6.07, 6.45) is 1.50. The molecular weight excluding hydrogens is 366 g/mol. The predicted molar refractivity (Wildman–Crippen MR) is 111 cm³/mol. The molecule has 4 aromatic rings. The van der Waals surface area contributed by atoms with Crippen molar-refractivity contribution in [2.75, 3.05) is 26.3 Å². The number of hydrogen-bond acceptors (Lipinski definition) is 5. The quantitative estimate of drug-likeness (QED) is 0.527. The van der Waals surface area contributed by atoms with Crippen LogP contribution in [0.2, 0.25) is 0 Å². The van der Waals surface area contributed by atoms with Crippen molar-refractivity contribution in [3.63, 3.8) is 0 Å². The van der Waals surface area contributed by atoms with Crippen LogP contribution in [0.15, 0.2) is 65.3 Å². The average Bonchev–Trinajstić information content (AvgIpc) is 3.20. The van der Waals surface area contributed by atoms with Gasteiger partial charge in [-0.2, -0.15) is 0 Å². The summed E-state index contributed by atoms with van der Waals surface area (Å²) in [4.78, 5) is 15.6. The fraction of sp³-hybridized carbons (Fsp3) is 0.208. The number of ether oxygens (including phenoxy) is 1. The molecule has 0 amide bonds. The number of benzene rings is 3. The van der Waals surface area contributed by atoms with E-state index in [1.807, 2.05) is 42.5 Å². The Morgan fingerprint density at radius 2 is 1.79 bits per heavy atom.